The highest BCUT2D eigenvalue weighted by Crippen LogP contribution is 2.29. The number of carboxylic acids is 1. The van der Waals surface area contributed by atoms with E-state index in [2.05, 4.69) is 4.90 Å². The minimum atomic E-state index is -4.32. The van der Waals surface area contributed by atoms with Gasteiger partial charge in [-0.3, -0.25) is 14.6 Å². The average molecular weight is 441 g/mol. The molecule has 0 radical (unpaired) electrons. The van der Waals surface area contributed by atoms with E-state index in [-0.39, 0.29) is 43.8 Å². The molecule has 1 fully saturated rings. The number of carbonyl (C=O) groups is 1. The molecule has 1 aliphatic rings. The molecule has 1 aromatic rings. The first-order chi connectivity index (χ1) is 10.8. The quantitative estimate of drug-likeness (QED) is 0.736. The van der Waals surface area contributed by atoms with Crippen LogP contribution in [0.1, 0.15) is 11.1 Å². The second kappa shape index (κ2) is 11.8. The first kappa shape index (κ1) is 27.4. The number of benzene rings is 1. The summed E-state index contributed by atoms with van der Waals surface area (Å²) >= 11 is 0. The Morgan fingerprint density at radius 3 is 1.96 bits per heavy atom. The van der Waals surface area contributed by atoms with Gasteiger partial charge in [-0.15, -0.1) is 37.2 Å². The Bertz CT molecular complexity index is 539. The third kappa shape index (κ3) is 7.46. The van der Waals surface area contributed by atoms with Gasteiger partial charge in [-0.2, -0.15) is 13.2 Å². The molecule has 0 spiro atoms. The summed E-state index contributed by atoms with van der Waals surface area (Å²) in [6.45, 7) is 3.08. The van der Waals surface area contributed by atoms with Gasteiger partial charge in [0.1, 0.15) is 6.04 Å². The molecule has 1 unspecified atom stereocenters. The van der Waals surface area contributed by atoms with Gasteiger partial charge in [0.2, 0.25) is 0 Å². The van der Waals surface area contributed by atoms with E-state index >= 15 is 0 Å². The number of hydrogen-bond donors (Lipinski definition) is 2. The predicted molar refractivity (Wildman–Crippen MR) is 101 cm³/mol. The van der Waals surface area contributed by atoms with E-state index in [1.807, 2.05) is 4.90 Å². The molecule has 0 aliphatic carbocycles. The fraction of sp³-hybridized carbons (Fsp3) is 0.533. The summed E-state index contributed by atoms with van der Waals surface area (Å²) < 4.78 is 37.6. The molecular formula is C15H23Cl3F3N3O2. The first-order valence-electron chi connectivity index (χ1n) is 7.36. The normalized spacial score (nSPS) is 16.6. The lowest BCUT2D eigenvalue weighted by molar-refractivity contribution is -0.143. The van der Waals surface area contributed by atoms with Crippen LogP contribution in [-0.2, 0) is 17.5 Å². The van der Waals surface area contributed by atoms with Gasteiger partial charge in [-0.1, -0.05) is 12.1 Å². The first-order valence-corrected chi connectivity index (χ1v) is 7.36. The van der Waals surface area contributed by atoms with Crippen LogP contribution in [0.25, 0.3) is 0 Å². The summed E-state index contributed by atoms with van der Waals surface area (Å²) in [6, 6.07) is 4.45. The maximum Gasteiger partial charge on any atom is 0.416 e. The largest absolute Gasteiger partial charge is 0.480 e. The third-order valence-corrected chi connectivity index (χ3v) is 4.04. The van der Waals surface area contributed by atoms with Gasteiger partial charge < -0.3 is 10.8 Å². The maximum absolute atomic E-state index is 12.5. The van der Waals surface area contributed by atoms with Gasteiger partial charge in [0.15, 0.2) is 0 Å². The average Bonchev–Trinajstić information content (AvgIpc) is 2.49. The highest BCUT2D eigenvalue weighted by atomic mass is 35.5. The molecule has 1 atom stereocenters. The van der Waals surface area contributed by atoms with Gasteiger partial charge in [-0.25, -0.2) is 0 Å². The zero-order valence-electron chi connectivity index (χ0n) is 13.8. The molecule has 0 aromatic heterocycles. The Hall–Kier alpha value is -0.770. The van der Waals surface area contributed by atoms with E-state index < -0.39 is 23.8 Å². The molecule has 2 rings (SSSR count). The topological polar surface area (TPSA) is 69.8 Å². The van der Waals surface area contributed by atoms with Crippen LogP contribution in [0.15, 0.2) is 24.3 Å². The van der Waals surface area contributed by atoms with Crippen LogP contribution in [0.2, 0.25) is 0 Å². The van der Waals surface area contributed by atoms with Crippen LogP contribution < -0.4 is 5.73 Å². The van der Waals surface area contributed by atoms with E-state index in [9.17, 15) is 18.0 Å². The highest BCUT2D eigenvalue weighted by molar-refractivity contribution is 5.86. The van der Waals surface area contributed by atoms with Gasteiger partial charge in [0.25, 0.3) is 0 Å². The van der Waals surface area contributed by atoms with Crippen molar-refractivity contribution in [1.29, 1.82) is 0 Å². The number of piperazine rings is 1. The zero-order valence-corrected chi connectivity index (χ0v) is 16.3. The summed E-state index contributed by atoms with van der Waals surface area (Å²) in [5, 5.41) is 9.09. The van der Waals surface area contributed by atoms with Gasteiger partial charge in [0, 0.05) is 39.3 Å². The molecule has 152 valence electrons. The number of rotatable bonds is 5. The summed E-state index contributed by atoms with van der Waals surface area (Å²) in [7, 11) is 0. The molecule has 26 heavy (non-hydrogen) atoms. The second-order valence-corrected chi connectivity index (χ2v) is 5.60. The maximum atomic E-state index is 12.5. The smallest absolute Gasteiger partial charge is 0.416 e. The Kier molecular flexibility index (Phi) is 12.5. The molecule has 1 saturated heterocycles. The fourth-order valence-electron chi connectivity index (χ4n) is 2.70. The number of nitrogens with zero attached hydrogens (tertiary/aromatic N) is 2. The van der Waals surface area contributed by atoms with Crippen LogP contribution in [0.3, 0.4) is 0 Å². The third-order valence-electron chi connectivity index (χ3n) is 4.04. The van der Waals surface area contributed by atoms with Crippen molar-refractivity contribution in [3.63, 3.8) is 0 Å². The highest BCUT2D eigenvalue weighted by Gasteiger charge is 2.30. The predicted octanol–water partition coefficient (Wildman–Crippen LogP) is 2.50. The molecule has 0 bridgehead atoms. The van der Waals surface area contributed by atoms with Gasteiger partial charge in [0.05, 0.1) is 5.56 Å². The molecule has 5 nitrogen and oxygen atoms in total. The van der Waals surface area contributed by atoms with Crippen LogP contribution in [0.5, 0.6) is 0 Å². The summed E-state index contributed by atoms with van der Waals surface area (Å²) in [5.41, 5.74) is 5.64. The lowest BCUT2D eigenvalue weighted by atomic mass is 10.1. The van der Waals surface area contributed by atoms with E-state index in [0.29, 0.717) is 32.7 Å². The molecule has 0 amide bonds. The van der Waals surface area contributed by atoms with E-state index in [1.54, 1.807) is 0 Å². The van der Waals surface area contributed by atoms with Crippen molar-refractivity contribution < 1.29 is 23.1 Å². The van der Waals surface area contributed by atoms with Crippen molar-refractivity contribution in [2.45, 2.75) is 18.8 Å². The van der Waals surface area contributed by atoms with Crippen molar-refractivity contribution in [2.75, 3.05) is 32.7 Å². The van der Waals surface area contributed by atoms with Crippen molar-refractivity contribution in [2.24, 2.45) is 5.73 Å². The van der Waals surface area contributed by atoms with E-state index in [4.69, 9.17) is 10.8 Å². The SMILES string of the molecule is Cl.Cl.Cl.NCC(C(=O)O)N1CCN(Cc2ccc(C(F)(F)F)cc2)CC1. The Balaban J connectivity index is 0. The van der Waals surface area contributed by atoms with Crippen LogP contribution in [-0.4, -0.2) is 59.6 Å². The monoisotopic (exact) mass is 439 g/mol. The number of aliphatic carboxylic acids is 1. The zero-order chi connectivity index (χ0) is 17.0. The van der Waals surface area contributed by atoms with Crippen LogP contribution in [0, 0.1) is 0 Å². The molecule has 1 aliphatic heterocycles. The molecular weight excluding hydrogens is 418 g/mol. The van der Waals surface area contributed by atoms with Gasteiger partial charge >= 0.3 is 12.1 Å². The number of nitrogens with two attached hydrogens (primary N) is 1. The van der Waals surface area contributed by atoms with Gasteiger partial charge in [-0.05, 0) is 17.7 Å². The molecule has 0 saturated carbocycles. The minimum absolute atomic E-state index is 0. The lowest BCUT2D eigenvalue weighted by Crippen LogP contribution is -2.54. The van der Waals surface area contributed by atoms with Crippen molar-refractivity contribution in [1.82, 2.24) is 9.80 Å². The summed E-state index contributed by atoms with van der Waals surface area (Å²) in [6.07, 6.45) is -4.32. The van der Waals surface area contributed by atoms with E-state index in [1.165, 1.54) is 12.1 Å². The van der Waals surface area contributed by atoms with Crippen molar-refractivity contribution in [3.05, 3.63) is 35.4 Å². The van der Waals surface area contributed by atoms with Crippen molar-refractivity contribution >= 4 is 43.2 Å². The number of hydrogen-bond acceptors (Lipinski definition) is 4. The van der Waals surface area contributed by atoms with Crippen LogP contribution in [0.4, 0.5) is 13.2 Å². The second-order valence-electron chi connectivity index (χ2n) is 5.60. The number of alkyl halides is 3. The Morgan fingerprint density at radius 2 is 1.58 bits per heavy atom. The summed E-state index contributed by atoms with van der Waals surface area (Å²) in [4.78, 5) is 15.0. The fourth-order valence-corrected chi connectivity index (χ4v) is 2.70. The molecule has 1 heterocycles. The standard InChI is InChI=1S/C15H20F3N3O2.3ClH/c16-15(17,18)12-3-1-11(2-4-12)10-20-5-7-21(8-6-20)13(9-19)14(22)23;;;/h1-4,13H,5-10,19H2,(H,22,23);3*1H. The molecule has 3 N–H and O–H groups in total. The minimum Gasteiger partial charge on any atom is -0.480 e. The van der Waals surface area contributed by atoms with E-state index in [0.717, 1.165) is 17.7 Å². The Morgan fingerprint density at radius 1 is 1.08 bits per heavy atom. The summed E-state index contributed by atoms with van der Waals surface area (Å²) in [5.74, 6) is -0.927. The van der Waals surface area contributed by atoms with Crippen LogP contribution >= 0.6 is 37.2 Å². The number of carboxylic acid groups (broad SMARTS) is 1. The number of halogens is 6. The Labute approximate surface area is 168 Å². The lowest BCUT2D eigenvalue weighted by Gasteiger charge is -2.37. The molecule has 11 heteroatoms. The molecule has 1 aromatic carbocycles. The van der Waals surface area contributed by atoms with Crippen molar-refractivity contribution in [3.8, 4) is 0 Å².